The van der Waals surface area contributed by atoms with Crippen LogP contribution in [0.15, 0.2) is 47.4 Å². The molecule has 0 heterocycles. The molecule has 0 aromatic heterocycles. The van der Waals surface area contributed by atoms with Gasteiger partial charge in [-0.25, -0.2) is 0 Å². The van der Waals surface area contributed by atoms with Crippen molar-refractivity contribution in [2.24, 2.45) is 0 Å². The summed E-state index contributed by atoms with van der Waals surface area (Å²) in [5, 5.41) is 14.4. The summed E-state index contributed by atoms with van der Waals surface area (Å²) in [7, 11) is 0. The van der Waals surface area contributed by atoms with Crippen molar-refractivity contribution in [2.75, 3.05) is 11.6 Å². The molecule has 0 saturated carbocycles. The van der Waals surface area contributed by atoms with Crippen molar-refractivity contribution in [1.29, 1.82) is 0 Å². The Bertz CT molecular complexity index is 641. The third kappa shape index (κ3) is 3.76. The van der Waals surface area contributed by atoms with Crippen LogP contribution in [0, 0.1) is 17.0 Å². The summed E-state index contributed by atoms with van der Waals surface area (Å²) in [6.07, 6.45) is 2.03. The van der Waals surface area contributed by atoms with E-state index >= 15 is 0 Å². The normalized spacial score (nSPS) is 12.0. The van der Waals surface area contributed by atoms with Crippen LogP contribution in [-0.2, 0) is 0 Å². The Labute approximate surface area is 128 Å². The molecular weight excluding hydrogens is 284 g/mol. The molecule has 0 bridgehead atoms. The summed E-state index contributed by atoms with van der Waals surface area (Å²) in [4.78, 5) is 12.0. The number of hydrogen-bond acceptors (Lipinski definition) is 4. The number of rotatable bonds is 5. The largest absolute Gasteiger partial charge is 0.373 e. The highest BCUT2D eigenvalue weighted by molar-refractivity contribution is 7.98. The van der Waals surface area contributed by atoms with Crippen LogP contribution in [0.5, 0.6) is 0 Å². The Morgan fingerprint density at radius 2 is 1.86 bits per heavy atom. The van der Waals surface area contributed by atoms with Crippen molar-refractivity contribution in [3.8, 4) is 0 Å². The predicted octanol–water partition coefficient (Wildman–Crippen LogP) is 4.80. The molecule has 4 nitrogen and oxygen atoms in total. The van der Waals surface area contributed by atoms with Crippen molar-refractivity contribution in [3.05, 3.63) is 63.7 Å². The van der Waals surface area contributed by atoms with Crippen LogP contribution in [0.3, 0.4) is 0 Å². The smallest absolute Gasteiger partial charge is 0.292 e. The second kappa shape index (κ2) is 6.63. The summed E-state index contributed by atoms with van der Waals surface area (Å²) < 4.78 is 0. The molecule has 5 heteroatoms. The number of anilines is 1. The summed E-state index contributed by atoms with van der Waals surface area (Å²) in [6.45, 7) is 3.85. The molecule has 0 aliphatic carbocycles. The molecule has 0 amide bonds. The summed E-state index contributed by atoms with van der Waals surface area (Å²) in [5.74, 6) is 0. The maximum absolute atomic E-state index is 11.1. The average Bonchev–Trinajstić information content (AvgIpc) is 2.49. The third-order valence-electron chi connectivity index (χ3n) is 3.34. The summed E-state index contributed by atoms with van der Waals surface area (Å²) >= 11 is 1.69. The van der Waals surface area contributed by atoms with Gasteiger partial charge in [-0.1, -0.05) is 18.2 Å². The lowest BCUT2D eigenvalue weighted by Crippen LogP contribution is -2.08. The van der Waals surface area contributed by atoms with E-state index in [4.69, 9.17) is 0 Å². The molecule has 1 atom stereocenters. The van der Waals surface area contributed by atoms with Gasteiger partial charge in [0, 0.05) is 17.0 Å². The van der Waals surface area contributed by atoms with Gasteiger partial charge in [-0.05, 0) is 49.4 Å². The Balaban J connectivity index is 2.22. The van der Waals surface area contributed by atoms with Gasteiger partial charge in [0.15, 0.2) is 0 Å². The number of nitrogens with one attached hydrogen (secondary N) is 1. The molecule has 0 aliphatic rings. The van der Waals surface area contributed by atoms with E-state index in [9.17, 15) is 10.1 Å². The van der Waals surface area contributed by atoms with E-state index in [0.29, 0.717) is 5.69 Å². The van der Waals surface area contributed by atoms with Gasteiger partial charge in [-0.3, -0.25) is 10.1 Å². The van der Waals surface area contributed by atoms with Crippen molar-refractivity contribution < 1.29 is 4.92 Å². The zero-order valence-corrected chi connectivity index (χ0v) is 13.1. The minimum absolute atomic E-state index is 0.00214. The first kappa shape index (κ1) is 15.4. The first-order chi connectivity index (χ1) is 10.0. The van der Waals surface area contributed by atoms with Gasteiger partial charge in [0.25, 0.3) is 5.69 Å². The zero-order chi connectivity index (χ0) is 15.4. The number of nitro groups is 1. The number of hydrogen-bond donors (Lipinski definition) is 1. The van der Waals surface area contributed by atoms with Gasteiger partial charge in [0.1, 0.15) is 5.69 Å². The quantitative estimate of drug-likeness (QED) is 0.490. The molecule has 2 rings (SSSR count). The molecule has 2 aromatic rings. The fraction of sp³-hybridized carbons (Fsp3) is 0.250. The SMILES string of the molecule is CSc1ccc(C(C)Nc2ccc(C)cc2[N+](=O)[O-])cc1. The van der Waals surface area contributed by atoms with E-state index in [1.807, 2.05) is 38.3 Å². The van der Waals surface area contributed by atoms with E-state index in [1.165, 1.54) is 4.90 Å². The fourth-order valence-electron chi connectivity index (χ4n) is 2.12. The molecule has 0 fully saturated rings. The lowest BCUT2D eigenvalue weighted by molar-refractivity contribution is -0.384. The maximum Gasteiger partial charge on any atom is 0.292 e. The second-order valence-electron chi connectivity index (χ2n) is 4.92. The van der Waals surface area contributed by atoms with Gasteiger partial charge >= 0.3 is 0 Å². The number of thioether (sulfide) groups is 1. The van der Waals surface area contributed by atoms with Gasteiger partial charge < -0.3 is 5.32 Å². The minimum Gasteiger partial charge on any atom is -0.373 e. The van der Waals surface area contributed by atoms with Crippen molar-refractivity contribution in [1.82, 2.24) is 0 Å². The van der Waals surface area contributed by atoms with Crippen LogP contribution in [0.1, 0.15) is 24.1 Å². The molecule has 1 unspecified atom stereocenters. The molecule has 110 valence electrons. The maximum atomic E-state index is 11.1. The molecule has 1 N–H and O–H groups in total. The van der Waals surface area contributed by atoms with Crippen molar-refractivity contribution in [2.45, 2.75) is 24.8 Å². The van der Waals surface area contributed by atoms with Gasteiger partial charge in [-0.15, -0.1) is 11.8 Å². The van der Waals surface area contributed by atoms with E-state index in [2.05, 4.69) is 17.4 Å². The van der Waals surface area contributed by atoms with Crippen LogP contribution >= 0.6 is 11.8 Å². The summed E-state index contributed by atoms with van der Waals surface area (Å²) in [5.41, 5.74) is 2.64. The van der Waals surface area contributed by atoms with Crippen LogP contribution in [-0.4, -0.2) is 11.2 Å². The number of benzene rings is 2. The van der Waals surface area contributed by atoms with Crippen LogP contribution < -0.4 is 5.32 Å². The van der Waals surface area contributed by atoms with Crippen molar-refractivity contribution in [3.63, 3.8) is 0 Å². The van der Waals surface area contributed by atoms with E-state index in [1.54, 1.807) is 23.9 Å². The van der Waals surface area contributed by atoms with Crippen molar-refractivity contribution >= 4 is 23.1 Å². The Hall–Kier alpha value is -2.01. The molecule has 2 aromatic carbocycles. The fourth-order valence-corrected chi connectivity index (χ4v) is 2.53. The van der Waals surface area contributed by atoms with E-state index in [-0.39, 0.29) is 16.7 Å². The molecule has 0 spiro atoms. The zero-order valence-electron chi connectivity index (χ0n) is 12.3. The monoisotopic (exact) mass is 302 g/mol. The highest BCUT2D eigenvalue weighted by Gasteiger charge is 2.16. The Morgan fingerprint density at radius 1 is 1.19 bits per heavy atom. The average molecular weight is 302 g/mol. The minimum atomic E-state index is -0.348. The molecule has 0 radical (unpaired) electrons. The lowest BCUT2D eigenvalue weighted by Gasteiger charge is -2.16. The molecule has 21 heavy (non-hydrogen) atoms. The van der Waals surface area contributed by atoms with Crippen LogP contribution in [0.4, 0.5) is 11.4 Å². The van der Waals surface area contributed by atoms with Gasteiger partial charge in [0.2, 0.25) is 0 Å². The molecule has 0 saturated heterocycles. The topological polar surface area (TPSA) is 55.2 Å². The van der Waals surface area contributed by atoms with Gasteiger partial charge in [-0.2, -0.15) is 0 Å². The van der Waals surface area contributed by atoms with Gasteiger partial charge in [0.05, 0.1) is 4.92 Å². The first-order valence-corrected chi connectivity index (χ1v) is 7.89. The van der Waals surface area contributed by atoms with Crippen LogP contribution in [0.25, 0.3) is 0 Å². The van der Waals surface area contributed by atoms with E-state index < -0.39 is 0 Å². The third-order valence-corrected chi connectivity index (χ3v) is 4.08. The predicted molar refractivity (Wildman–Crippen MR) is 88.1 cm³/mol. The molecular formula is C16H18N2O2S. The number of nitro benzene ring substituents is 1. The Morgan fingerprint density at radius 3 is 2.43 bits per heavy atom. The lowest BCUT2D eigenvalue weighted by atomic mass is 10.1. The number of nitrogens with zero attached hydrogens (tertiary/aromatic N) is 1. The Kier molecular flexibility index (Phi) is 4.85. The van der Waals surface area contributed by atoms with Crippen LogP contribution in [0.2, 0.25) is 0 Å². The molecule has 0 aliphatic heterocycles. The highest BCUT2D eigenvalue weighted by atomic mass is 32.2. The highest BCUT2D eigenvalue weighted by Crippen LogP contribution is 2.29. The number of aryl methyl sites for hydroxylation is 1. The standard InChI is InChI=1S/C16H18N2O2S/c1-11-4-9-15(16(10-11)18(19)20)17-12(2)13-5-7-14(21-3)8-6-13/h4-10,12,17H,1-3H3. The second-order valence-corrected chi connectivity index (χ2v) is 5.80. The summed E-state index contributed by atoms with van der Waals surface area (Å²) in [6, 6.07) is 13.4. The first-order valence-electron chi connectivity index (χ1n) is 6.67. The van der Waals surface area contributed by atoms with E-state index in [0.717, 1.165) is 11.1 Å².